The van der Waals surface area contributed by atoms with Gasteiger partial charge >= 0.3 is 284 Å². The summed E-state index contributed by atoms with van der Waals surface area (Å²) in [5.41, 5.74) is 11.3. The Morgan fingerprint density at radius 1 is 0.583 bits per heavy atom. The Morgan fingerprint density at radius 3 is 1.33 bits per heavy atom. The predicted molar refractivity (Wildman–Crippen MR) is 308 cm³/mol. The molecular weight excluding hydrogens is 1370 g/mol. The van der Waals surface area contributed by atoms with E-state index in [-0.39, 0.29) is 57.8 Å². The zero-order valence-corrected chi connectivity index (χ0v) is 55.9. The average Bonchev–Trinajstić information content (AvgIpc) is 3.27. The number of hydrogen-bond acceptors (Lipinski definition) is 6. The summed E-state index contributed by atoms with van der Waals surface area (Å²) in [4.78, 5) is 9.87. The van der Waals surface area contributed by atoms with Gasteiger partial charge in [0.2, 0.25) is 0 Å². The summed E-state index contributed by atoms with van der Waals surface area (Å²) in [6.07, 6.45) is 3.39. The first-order valence-electron chi connectivity index (χ1n) is 25.7. The molecule has 2 atom stereocenters. The topological polar surface area (TPSA) is 107 Å². The molecule has 0 bridgehead atoms. The second kappa shape index (κ2) is 31.2. The van der Waals surface area contributed by atoms with Crippen LogP contribution in [0.15, 0.2) is 109 Å². The van der Waals surface area contributed by atoms with Crippen LogP contribution in [0, 0.1) is 63.5 Å². The molecule has 0 saturated carbocycles. The summed E-state index contributed by atoms with van der Waals surface area (Å²) in [5.74, 6) is 11.7. The second-order valence-corrected chi connectivity index (χ2v) is 43.1. The molecule has 10 heteroatoms. The molecule has 2 heterocycles. The van der Waals surface area contributed by atoms with Crippen molar-refractivity contribution in [3.63, 3.8) is 0 Å². The molecule has 6 aromatic rings. The van der Waals surface area contributed by atoms with Crippen LogP contribution in [0.3, 0.4) is 0 Å². The summed E-state index contributed by atoms with van der Waals surface area (Å²) in [5, 5.41) is 42.7. The van der Waals surface area contributed by atoms with Gasteiger partial charge in [0, 0.05) is 52.5 Å². The standard InChI is InChI=1S/2C21H24GeN.C11H22O2.C9H18O2.2Ir/c2*1-6-22(4,5)19-8-7-9-21-18(19)10-11-20(23-21)17-13-15(2)12-16(3)14-17;1-8(2)5-10(12)7-11(13)6-9(3)4;1-6(2)8(10)5-9(11)7(3)4;;/h2*7-13H,6H2,1-5H3;7-10,12-13H,5-6H2,1-4H3;5-8,10-11H,1-4H3;;/q2*-1;;;;. The second-order valence-electron chi connectivity index (χ2n) is 22.1. The van der Waals surface area contributed by atoms with Crippen LogP contribution in [-0.4, -0.2) is 69.1 Å². The van der Waals surface area contributed by atoms with Crippen LogP contribution < -0.4 is 8.79 Å². The average molecular weight is 1460 g/mol. The van der Waals surface area contributed by atoms with Gasteiger partial charge in [-0.3, -0.25) is 0 Å². The largest absolute Gasteiger partial charge is 0 e. The van der Waals surface area contributed by atoms with Gasteiger partial charge in [0.15, 0.2) is 0 Å². The molecule has 2 unspecified atom stereocenters. The van der Waals surface area contributed by atoms with Crippen LogP contribution in [0.4, 0.5) is 0 Å². The third-order valence-corrected chi connectivity index (χ3v) is 28.2. The molecule has 2 radical (unpaired) electrons. The number of fused-ring (bicyclic) bond motifs is 2. The number of pyridine rings is 2. The van der Waals surface area contributed by atoms with Crippen LogP contribution in [-0.2, 0) is 40.2 Å². The number of nitrogens with zero attached hydrogens (tertiary/aromatic N) is 2. The number of aromatic nitrogens is 2. The van der Waals surface area contributed by atoms with Crippen molar-refractivity contribution in [3.05, 3.63) is 143 Å². The molecule has 4 aromatic carbocycles. The number of hydrogen-bond donors (Lipinski definition) is 4. The van der Waals surface area contributed by atoms with Gasteiger partial charge in [0.1, 0.15) is 0 Å². The van der Waals surface area contributed by atoms with Gasteiger partial charge in [-0.2, -0.15) is 0 Å². The van der Waals surface area contributed by atoms with Crippen LogP contribution in [0.1, 0.15) is 104 Å². The van der Waals surface area contributed by atoms with E-state index in [0.29, 0.717) is 30.4 Å². The van der Waals surface area contributed by atoms with Gasteiger partial charge < -0.3 is 20.4 Å². The Balaban J connectivity index is 0.000000500. The van der Waals surface area contributed by atoms with Crippen molar-refractivity contribution >= 4 is 57.1 Å². The minimum Gasteiger partial charge on any atom is 0 e. The molecule has 72 heavy (non-hydrogen) atoms. The van der Waals surface area contributed by atoms with Crippen molar-refractivity contribution in [1.29, 1.82) is 0 Å². The molecule has 398 valence electrons. The van der Waals surface area contributed by atoms with Gasteiger partial charge in [-0.15, -0.1) is 0 Å². The van der Waals surface area contributed by atoms with Crippen molar-refractivity contribution in [1.82, 2.24) is 9.97 Å². The minimum atomic E-state index is -1.92. The number of aliphatic hydroxyl groups excluding tert-OH is 4. The van der Waals surface area contributed by atoms with Gasteiger partial charge in [-0.05, 0) is 36.3 Å². The molecule has 0 fully saturated rings. The quantitative estimate of drug-likeness (QED) is 0.0492. The molecule has 6 rings (SSSR count). The smallest absolute Gasteiger partial charge is 0 e. The first-order valence-corrected chi connectivity index (χ1v) is 39.1. The van der Waals surface area contributed by atoms with Crippen molar-refractivity contribution in [3.8, 4) is 22.5 Å². The summed E-state index contributed by atoms with van der Waals surface area (Å²) < 4.78 is 3.13. The molecule has 0 amide bonds. The summed E-state index contributed by atoms with van der Waals surface area (Å²) in [6.45, 7) is 28.9. The number of aryl methyl sites for hydroxylation is 4. The van der Waals surface area contributed by atoms with E-state index in [1.54, 1.807) is 14.9 Å². The van der Waals surface area contributed by atoms with E-state index in [1.807, 2.05) is 41.5 Å². The molecule has 4 N–H and O–H groups in total. The van der Waals surface area contributed by atoms with Crippen LogP contribution in [0.2, 0.25) is 33.5 Å². The fourth-order valence-corrected chi connectivity index (χ4v) is 15.9. The molecule has 0 aliphatic heterocycles. The van der Waals surface area contributed by atoms with E-state index in [9.17, 15) is 20.4 Å². The fourth-order valence-electron chi connectivity index (χ4n) is 8.06. The third kappa shape index (κ3) is 21.4. The van der Waals surface area contributed by atoms with Gasteiger partial charge in [0.05, 0.1) is 23.7 Å². The van der Waals surface area contributed by atoms with Crippen molar-refractivity contribution in [2.24, 2.45) is 23.7 Å². The molecular formula is C62H88Ge2Ir2N2O4-2. The molecule has 6 nitrogen and oxygen atoms in total. The minimum absolute atomic E-state index is 0. The number of allylic oxidation sites excluding steroid dienone is 2. The van der Waals surface area contributed by atoms with Crippen molar-refractivity contribution in [2.75, 3.05) is 0 Å². The van der Waals surface area contributed by atoms with Gasteiger partial charge in [-0.1, -0.05) is 55.4 Å². The van der Waals surface area contributed by atoms with Crippen molar-refractivity contribution < 1.29 is 60.6 Å². The summed E-state index contributed by atoms with van der Waals surface area (Å²) >= 11 is -3.84. The monoisotopic (exact) mass is 1460 g/mol. The maximum absolute atomic E-state index is 9.47. The molecule has 0 saturated heterocycles. The first-order chi connectivity index (χ1) is 32.7. The predicted octanol–water partition coefficient (Wildman–Crippen LogP) is 15.5. The van der Waals surface area contributed by atoms with E-state index < -0.39 is 38.7 Å². The van der Waals surface area contributed by atoms with Gasteiger partial charge in [-0.25, -0.2) is 0 Å². The van der Waals surface area contributed by atoms with Crippen LogP contribution in [0.25, 0.3) is 44.3 Å². The number of rotatable bonds is 14. The van der Waals surface area contributed by atoms with Gasteiger partial charge in [0.25, 0.3) is 0 Å². The first kappa shape index (κ1) is 67.1. The molecule has 0 aliphatic rings. The van der Waals surface area contributed by atoms with E-state index in [2.05, 4.69) is 175 Å². The number of aliphatic hydroxyl groups is 4. The Morgan fingerprint density at radius 2 is 1.00 bits per heavy atom. The Labute approximate surface area is 468 Å². The third-order valence-electron chi connectivity index (χ3n) is 12.9. The van der Waals surface area contributed by atoms with Crippen LogP contribution in [0.5, 0.6) is 0 Å². The normalized spacial score (nSPS) is 12.8. The zero-order chi connectivity index (χ0) is 52.7. The molecule has 0 spiro atoms. The summed E-state index contributed by atoms with van der Waals surface area (Å²) in [6, 6.07) is 37.6. The van der Waals surface area contributed by atoms with Crippen molar-refractivity contribution in [2.45, 2.75) is 156 Å². The van der Waals surface area contributed by atoms with E-state index in [0.717, 1.165) is 44.7 Å². The Hall–Kier alpha value is -2.92. The van der Waals surface area contributed by atoms with E-state index in [1.165, 1.54) is 38.5 Å². The maximum atomic E-state index is 9.47. The van der Waals surface area contributed by atoms with Crippen LogP contribution >= 0.6 is 0 Å². The Bertz CT molecular complexity index is 2490. The molecule has 0 aliphatic carbocycles. The zero-order valence-electron chi connectivity index (χ0n) is 46.9. The van der Waals surface area contributed by atoms with E-state index in [4.69, 9.17) is 9.97 Å². The maximum Gasteiger partial charge on any atom is 0 e. The fraction of sp³-hybridized carbons (Fsp3) is 0.452. The summed E-state index contributed by atoms with van der Waals surface area (Å²) in [7, 11) is 0. The molecule has 2 aromatic heterocycles. The Kier molecular flexibility index (Phi) is 29.1. The SMILES string of the molecule is CC(C)C(O)=CC(O)C(C)C.CC(C)CC(O)=CC(O)CC(C)C.C[CH2][Ge]([CH3])([CH3])[c]1cccc2nc(-c3[c-]c(C)cc(C)c3)ccc12.C[CH2][Ge]([CH3])([CH3])[c]1cccc2nc(-c3[c-]c(C)cc(C)c3)ccc12.[Ir].[Ir]. The number of benzene rings is 4. The van der Waals surface area contributed by atoms with E-state index >= 15 is 0 Å².